The molecule has 1 aliphatic heterocycles. The van der Waals surface area contributed by atoms with Crippen LogP contribution in [-0.2, 0) is 11.2 Å². The molecule has 2 heterocycles. The Hall–Kier alpha value is -0.930. The van der Waals surface area contributed by atoms with Crippen molar-refractivity contribution in [3.63, 3.8) is 0 Å². The Morgan fingerprint density at radius 3 is 3.12 bits per heavy atom. The molecule has 0 aromatic carbocycles. The summed E-state index contributed by atoms with van der Waals surface area (Å²) >= 11 is 0. The van der Waals surface area contributed by atoms with Crippen LogP contribution in [0.1, 0.15) is 36.9 Å². The minimum Gasteiger partial charge on any atom is -0.392 e. The Balaban J connectivity index is 1.82. The highest BCUT2D eigenvalue weighted by Crippen LogP contribution is 2.39. The van der Waals surface area contributed by atoms with E-state index >= 15 is 0 Å². The fourth-order valence-corrected chi connectivity index (χ4v) is 3.27. The Bertz CT molecular complexity index is 407. The van der Waals surface area contributed by atoms with Crippen LogP contribution < -0.4 is 0 Å². The zero-order valence-corrected chi connectivity index (χ0v) is 10.2. The van der Waals surface area contributed by atoms with Crippen molar-refractivity contribution in [2.75, 3.05) is 6.61 Å². The molecule has 1 aromatic rings. The van der Waals surface area contributed by atoms with Gasteiger partial charge in [-0.25, -0.2) is 0 Å². The van der Waals surface area contributed by atoms with Crippen LogP contribution in [0.2, 0.25) is 0 Å². The molecule has 4 atom stereocenters. The summed E-state index contributed by atoms with van der Waals surface area (Å²) in [5.74, 6) is 0.480. The lowest BCUT2D eigenvalue weighted by Crippen LogP contribution is -2.31. The van der Waals surface area contributed by atoms with E-state index in [0.717, 1.165) is 31.6 Å². The number of aryl methyl sites for hydroxylation is 1. The first-order chi connectivity index (χ1) is 8.27. The Kier molecular flexibility index (Phi) is 2.89. The molecule has 0 bridgehead atoms. The molecule has 4 unspecified atom stereocenters. The molecule has 3 heteroatoms. The smallest absolute Gasteiger partial charge is 0.0677 e. The first-order valence-corrected chi connectivity index (χ1v) is 6.51. The number of hydrogen-bond donors (Lipinski definition) is 1. The summed E-state index contributed by atoms with van der Waals surface area (Å²) in [4.78, 5) is 4.46. The van der Waals surface area contributed by atoms with Crippen molar-refractivity contribution in [1.82, 2.24) is 4.98 Å². The summed E-state index contributed by atoms with van der Waals surface area (Å²) in [6.07, 6.45) is 4.75. The largest absolute Gasteiger partial charge is 0.392 e. The molecular weight excluding hydrogens is 214 g/mol. The molecule has 0 radical (unpaired) electrons. The van der Waals surface area contributed by atoms with Gasteiger partial charge in [0.25, 0.3) is 0 Å². The number of aliphatic hydroxyl groups is 1. The average molecular weight is 233 g/mol. The zero-order chi connectivity index (χ0) is 11.8. The van der Waals surface area contributed by atoms with E-state index in [0.29, 0.717) is 0 Å². The number of aromatic nitrogens is 1. The zero-order valence-electron chi connectivity index (χ0n) is 10.2. The van der Waals surface area contributed by atoms with Gasteiger partial charge in [0.2, 0.25) is 0 Å². The summed E-state index contributed by atoms with van der Waals surface area (Å²) in [6, 6.07) is 4.11. The molecule has 1 fully saturated rings. The van der Waals surface area contributed by atoms with Crippen LogP contribution in [0.5, 0.6) is 0 Å². The minimum atomic E-state index is -0.302. The summed E-state index contributed by atoms with van der Waals surface area (Å²) in [5, 5.41) is 10.5. The van der Waals surface area contributed by atoms with Crippen molar-refractivity contribution in [3.8, 4) is 0 Å². The van der Waals surface area contributed by atoms with Gasteiger partial charge in [-0.1, -0.05) is 6.07 Å². The highest BCUT2D eigenvalue weighted by atomic mass is 16.5. The molecule has 0 saturated carbocycles. The van der Waals surface area contributed by atoms with Crippen molar-refractivity contribution < 1.29 is 9.84 Å². The maximum absolute atomic E-state index is 10.5. The number of nitrogens with zero attached hydrogens (tertiary/aromatic N) is 1. The SMILES string of the molecule is CC1OCCC1C(O)C1CCc2cccnc21. The first-order valence-electron chi connectivity index (χ1n) is 6.51. The minimum absolute atomic E-state index is 0.178. The predicted molar refractivity (Wildman–Crippen MR) is 64.8 cm³/mol. The summed E-state index contributed by atoms with van der Waals surface area (Å²) in [7, 11) is 0. The van der Waals surface area contributed by atoms with Gasteiger partial charge in [0.1, 0.15) is 0 Å². The van der Waals surface area contributed by atoms with E-state index in [-0.39, 0.29) is 24.0 Å². The Morgan fingerprint density at radius 2 is 2.35 bits per heavy atom. The van der Waals surface area contributed by atoms with E-state index < -0.39 is 0 Å². The van der Waals surface area contributed by atoms with Gasteiger partial charge in [-0.05, 0) is 37.8 Å². The normalized spacial score (nSPS) is 33.6. The van der Waals surface area contributed by atoms with Crippen LogP contribution in [0.4, 0.5) is 0 Å². The van der Waals surface area contributed by atoms with E-state index in [9.17, 15) is 5.11 Å². The number of hydrogen-bond acceptors (Lipinski definition) is 3. The molecular formula is C14H19NO2. The van der Waals surface area contributed by atoms with E-state index in [1.807, 2.05) is 12.3 Å². The number of aliphatic hydroxyl groups excluding tert-OH is 1. The number of pyridine rings is 1. The number of ether oxygens (including phenoxy) is 1. The Labute approximate surface area is 102 Å². The highest BCUT2D eigenvalue weighted by molar-refractivity contribution is 5.29. The van der Waals surface area contributed by atoms with Gasteiger partial charge in [-0.15, -0.1) is 0 Å². The lowest BCUT2D eigenvalue weighted by Gasteiger charge is -2.26. The fourth-order valence-electron chi connectivity index (χ4n) is 3.27. The van der Waals surface area contributed by atoms with Gasteiger partial charge in [-0.2, -0.15) is 0 Å². The van der Waals surface area contributed by atoms with E-state index in [4.69, 9.17) is 4.74 Å². The van der Waals surface area contributed by atoms with Crippen molar-refractivity contribution in [3.05, 3.63) is 29.6 Å². The first kappa shape index (κ1) is 11.2. The Morgan fingerprint density at radius 1 is 1.47 bits per heavy atom. The van der Waals surface area contributed by atoms with E-state index in [2.05, 4.69) is 18.0 Å². The quantitative estimate of drug-likeness (QED) is 0.848. The fraction of sp³-hybridized carbons (Fsp3) is 0.643. The molecule has 0 amide bonds. The standard InChI is InChI=1S/C14H19NO2/c1-9-11(6-8-17-9)14(16)12-5-4-10-3-2-7-15-13(10)12/h2-3,7,9,11-12,14,16H,4-6,8H2,1H3. The van der Waals surface area contributed by atoms with Crippen molar-refractivity contribution >= 4 is 0 Å². The molecule has 17 heavy (non-hydrogen) atoms. The van der Waals surface area contributed by atoms with Crippen molar-refractivity contribution in [1.29, 1.82) is 0 Å². The summed E-state index contributed by atoms with van der Waals surface area (Å²) < 4.78 is 5.55. The molecule has 3 rings (SSSR count). The molecule has 0 spiro atoms. The monoisotopic (exact) mass is 233 g/mol. The van der Waals surface area contributed by atoms with Gasteiger partial charge < -0.3 is 9.84 Å². The lowest BCUT2D eigenvalue weighted by atomic mass is 9.85. The maximum Gasteiger partial charge on any atom is 0.0677 e. The molecule has 2 aliphatic rings. The van der Waals surface area contributed by atoms with Gasteiger partial charge >= 0.3 is 0 Å². The molecule has 92 valence electrons. The van der Waals surface area contributed by atoms with E-state index in [1.165, 1.54) is 5.56 Å². The molecule has 1 aliphatic carbocycles. The van der Waals surface area contributed by atoms with Crippen LogP contribution >= 0.6 is 0 Å². The topological polar surface area (TPSA) is 42.4 Å². The van der Waals surface area contributed by atoms with Crippen LogP contribution in [0.3, 0.4) is 0 Å². The lowest BCUT2D eigenvalue weighted by molar-refractivity contribution is 0.0288. The molecule has 1 saturated heterocycles. The van der Waals surface area contributed by atoms with Gasteiger partial charge in [0, 0.05) is 30.3 Å². The second-order valence-electron chi connectivity index (χ2n) is 5.21. The van der Waals surface area contributed by atoms with Gasteiger partial charge in [-0.3, -0.25) is 4.98 Å². The third-order valence-electron chi connectivity index (χ3n) is 4.29. The summed E-state index contributed by atoms with van der Waals surface area (Å²) in [6.45, 7) is 2.85. The molecule has 3 nitrogen and oxygen atoms in total. The third-order valence-corrected chi connectivity index (χ3v) is 4.29. The molecule has 1 N–H and O–H groups in total. The number of rotatable bonds is 2. The van der Waals surface area contributed by atoms with Gasteiger partial charge in [0.05, 0.1) is 12.2 Å². The second kappa shape index (κ2) is 4.39. The average Bonchev–Trinajstić information content (AvgIpc) is 2.94. The highest BCUT2D eigenvalue weighted by Gasteiger charge is 2.39. The van der Waals surface area contributed by atoms with Crippen LogP contribution in [0, 0.1) is 5.92 Å². The van der Waals surface area contributed by atoms with Gasteiger partial charge in [0.15, 0.2) is 0 Å². The maximum atomic E-state index is 10.5. The summed E-state index contributed by atoms with van der Waals surface area (Å²) in [5.41, 5.74) is 2.42. The van der Waals surface area contributed by atoms with Crippen LogP contribution in [-0.4, -0.2) is 28.9 Å². The predicted octanol–water partition coefficient (Wildman–Crippen LogP) is 1.90. The third kappa shape index (κ3) is 1.87. The van der Waals surface area contributed by atoms with E-state index in [1.54, 1.807) is 0 Å². The van der Waals surface area contributed by atoms with Crippen molar-refractivity contribution in [2.45, 2.75) is 44.3 Å². The molecule has 1 aromatic heterocycles. The van der Waals surface area contributed by atoms with Crippen molar-refractivity contribution in [2.24, 2.45) is 5.92 Å². The van der Waals surface area contributed by atoms with Crippen LogP contribution in [0.15, 0.2) is 18.3 Å². The second-order valence-corrected chi connectivity index (χ2v) is 5.21. The van der Waals surface area contributed by atoms with Crippen LogP contribution in [0.25, 0.3) is 0 Å². The number of fused-ring (bicyclic) bond motifs is 1.